The third-order valence-corrected chi connectivity index (χ3v) is 4.54. The fourth-order valence-electron chi connectivity index (χ4n) is 1.93. The number of ether oxygens (including phenoxy) is 1. The number of benzene rings is 1. The maximum atomic E-state index is 13.1. The van der Waals surface area contributed by atoms with Gasteiger partial charge in [-0.1, -0.05) is 11.6 Å². The zero-order valence-electron chi connectivity index (χ0n) is 13.6. The second kappa shape index (κ2) is 8.86. The van der Waals surface area contributed by atoms with E-state index in [4.69, 9.17) is 16.3 Å². The van der Waals surface area contributed by atoms with Crippen molar-refractivity contribution in [2.24, 2.45) is 0 Å². The number of carbonyl (C=O) groups excluding carboxylic acids is 3. The molecule has 0 spiro atoms. The smallest absolute Gasteiger partial charge is 0.307 e. The Hall–Kier alpha value is -2.32. The highest BCUT2D eigenvalue weighted by molar-refractivity contribution is 7.18. The number of hydrogen-bond acceptors (Lipinski definition) is 5. The number of amides is 1. The number of esters is 1. The lowest BCUT2D eigenvalue weighted by Gasteiger charge is -2.13. The van der Waals surface area contributed by atoms with E-state index < -0.39 is 29.6 Å². The summed E-state index contributed by atoms with van der Waals surface area (Å²) in [6.07, 6.45) is -1.44. The first kappa shape index (κ1) is 20.0. The Morgan fingerprint density at radius 1 is 1.15 bits per heavy atom. The summed E-state index contributed by atoms with van der Waals surface area (Å²) in [6.45, 7) is 1.33. The molecule has 0 aliphatic heterocycles. The van der Waals surface area contributed by atoms with Crippen LogP contribution in [-0.2, 0) is 14.3 Å². The number of Topliss-reactive ketones (excluding diaryl/α,β-unsaturated/α-hetero) is 1. The summed E-state index contributed by atoms with van der Waals surface area (Å²) < 4.78 is 31.4. The van der Waals surface area contributed by atoms with E-state index >= 15 is 0 Å². The topological polar surface area (TPSA) is 72.5 Å². The van der Waals surface area contributed by atoms with Crippen molar-refractivity contribution in [2.75, 3.05) is 5.32 Å². The van der Waals surface area contributed by atoms with Crippen LogP contribution in [0, 0.1) is 11.6 Å². The second-order valence-corrected chi connectivity index (χ2v) is 6.99. The first-order valence-electron chi connectivity index (χ1n) is 7.50. The van der Waals surface area contributed by atoms with Crippen LogP contribution < -0.4 is 5.32 Å². The van der Waals surface area contributed by atoms with Crippen LogP contribution in [0.5, 0.6) is 0 Å². The molecule has 138 valence electrons. The molecule has 0 aliphatic carbocycles. The van der Waals surface area contributed by atoms with E-state index in [1.807, 2.05) is 0 Å². The van der Waals surface area contributed by atoms with Gasteiger partial charge < -0.3 is 10.1 Å². The van der Waals surface area contributed by atoms with Gasteiger partial charge in [0.25, 0.3) is 5.91 Å². The third-order valence-electron chi connectivity index (χ3n) is 3.27. The van der Waals surface area contributed by atoms with Gasteiger partial charge in [0.05, 0.1) is 15.6 Å². The zero-order valence-corrected chi connectivity index (χ0v) is 15.1. The monoisotopic (exact) mass is 401 g/mol. The molecule has 1 heterocycles. The van der Waals surface area contributed by atoms with Gasteiger partial charge in [-0.15, -0.1) is 11.3 Å². The highest BCUT2D eigenvalue weighted by Gasteiger charge is 2.19. The van der Waals surface area contributed by atoms with Crippen LogP contribution in [-0.4, -0.2) is 23.8 Å². The molecule has 0 aliphatic rings. The molecular weight excluding hydrogens is 388 g/mol. The molecule has 1 N–H and O–H groups in total. The number of thiophene rings is 1. The molecule has 1 atom stereocenters. The summed E-state index contributed by atoms with van der Waals surface area (Å²) in [4.78, 5) is 36.0. The van der Waals surface area contributed by atoms with Gasteiger partial charge in [-0.2, -0.15) is 0 Å². The van der Waals surface area contributed by atoms with Gasteiger partial charge in [0, 0.05) is 18.2 Å². The number of hydrogen-bond donors (Lipinski definition) is 1. The Balaban J connectivity index is 1.81. The van der Waals surface area contributed by atoms with Crippen molar-refractivity contribution in [2.45, 2.75) is 25.9 Å². The van der Waals surface area contributed by atoms with Crippen LogP contribution >= 0.6 is 22.9 Å². The van der Waals surface area contributed by atoms with Gasteiger partial charge in [0.15, 0.2) is 23.5 Å². The van der Waals surface area contributed by atoms with E-state index in [1.54, 1.807) is 12.1 Å². The molecule has 0 fully saturated rings. The highest BCUT2D eigenvalue weighted by atomic mass is 35.5. The van der Waals surface area contributed by atoms with Crippen molar-refractivity contribution in [3.8, 4) is 0 Å². The van der Waals surface area contributed by atoms with Crippen molar-refractivity contribution in [1.29, 1.82) is 0 Å². The average molecular weight is 402 g/mol. The van der Waals surface area contributed by atoms with Gasteiger partial charge in [0.1, 0.15) is 0 Å². The van der Waals surface area contributed by atoms with Crippen LogP contribution in [0.15, 0.2) is 30.3 Å². The lowest BCUT2D eigenvalue weighted by molar-refractivity contribution is -0.153. The van der Waals surface area contributed by atoms with Gasteiger partial charge in [-0.25, -0.2) is 8.78 Å². The summed E-state index contributed by atoms with van der Waals surface area (Å²) in [5.74, 6) is -3.84. The second-order valence-electron chi connectivity index (χ2n) is 5.28. The maximum Gasteiger partial charge on any atom is 0.307 e. The zero-order chi connectivity index (χ0) is 19.3. The molecule has 26 heavy (non-hydrogen) atoms. The van der Waals surface area contributed by atoms with Crippen LogP contribution in [0.25, 0.3) is 0 Å². The van der Waals surface area contributed by atoms with Gasteiger partial charge in [-0.05, 0) is 31.2 Å². The summed E-state index contributed by atoms with van der Waals surface area (Å²) in [6, 6.07) is 6.01. The van der Waals surface area contributed by atoms with Crippen LogP contribution in [0.2, 0.25) is 4.34 Å². The summed E-state index contributed by atoms with van der Waals surface area (Å²) in [5.41, 5.74) is 0.0292. The first-order chi connectivity index (χ1) is 12.3. The Labute approximate surface area is 156 Å². The Morgan fingerprint density at radius 2 is 1.88 bits per heavy atom. The van der Waals surface area contributed by atoms with Gasteiger partial charge in [0.2, 0.25) is 0 Å². The molecule has 1 amide bonds. The quantitative estimate of drug-likeness (QED) is 0.557. The fraction of sp³-hybridized carbons (Fsp3) is 0.235. The molecule has 2 rings (SSSR count). The summed E-state index contributed by atoms with van der Waals surface area (Å²) in [7, 11) is 0. The Kier molecular flexibility index (Phi) is 6.82. The van der Waals surface area contributed by atoms with Crippen molar-refractivity contribution in [1.82, 2.24) is 0 Å². The third kappa shape index (κ3) is 5.60. The summed E-state index contributed by atoms with van der Waals surface area (Å²) in [5, 5.41) is 2.31. The van der Waals surface area contributed by atoms with Gasteiger partial charge >= 0.3 is 5.97 Å². The molecular formula is C17H14ClF2NO4S. The lowest BCUT2D eigenvalue weighted by Crippen LogP contribution is -2.30. The van der Waals surface area contributed by atoms with E-state index in [1.165, 1.54) is 13.0 Å². The molecule has 0 saturated heterocycles. The molecule has 2 aromatic rings. The van der Waals surface area contributed by atoms with Crippen molar-refractivity contribution >= 4 is 46.3 Å². The van der Waals surface area contributed by atoms with Crippen molar-refractivity contribution < 1.29 is 27.9 Å². The van der Waals surface area contributed by atoms with Crippen LogP contribution in [0.3, 0.4) is 0 Å². The molecule has 9 heteroatoms. The molecule has 0 saturated carbocycles. The number of nitrogens with one attached hydrogen (secondary N) is 1. The van der Waals surface area contributed by atoms with Crippen molar-refractivity contribution in [3.63, 3.8) is 0 Å². The standard InChI is InChI=1S/C17H14ClF2NO4S/c1-9(17(24)21-10-2-3-11(19)12(20)8-10)25-16(23)7-4-13(22)14-5-6-15(18)26-14/h2-3,5-6,8-9H,4,7H2,1H3,(H,21,24)/t9-/m1/s1. The van der Waals surface area contributed by atoms with Crippen LogP contribution in [0.1, 0.15) is 29.4 Å². The maximum absolute atomic E-state index is 13.1. The molecule has 0 radical (unpaired) electrons. The number of rotatable bonds is 7. The SMILES string of the molecule is C[C@@H](OC(=O)CCC(=O)c1ccc(Cl)s1)C(=O)Nc1ccc(F)c(F)c1. The molecule has 5 nitrogen and oxygen atoms in total. The Morgan fingerprint density at radius 3 is 2.50 bits per heavy atom. The van der Waals surface area contributed by atoms with E-state index in [-0.39, 0.29) is 24.3 Å². The number of halogens is 3. The van der Waals surface area contributed by atoms with E-state index in [2.05, 4.69) is 5.32 Å². The summed E-state index contributed by atoms with van der Waals surface area (Å²) >= 11 is 6.85. The van der Waals surface area contributed by atoms with E-state index in [0.717, 1.165) is 23.5 Å². The fourth-order valence-corrected chi connectivity index (χ4v) is 2.94. The first-order valence-corrected chi connectivity index (χ1v) is 8.69. The van der Waals surface area contributed by atoms with Crippen LogP contribution in [0.4, 0.5) is 14.5 Å². The minimum Gasteiger partial charge on any atom is -0.453 e. The molecule has 0 unspecified atom stereocenters. The highest BCUT2D eigenvalue weighted by Crippen LogP contribution is 2.23. The average Bonchev–Trinajstić information content (AvgIpc) is 3.02. The van der Waals surface area contributed by atoms with Crippen molar-refractivity contribution in [3.05, 3.63) is 51.2 Å². The minimum atomic E-state index is -1.16. The largest absolute Gasteiger partial charge is 0.453 e. The lowest BCUT2D eigenvalue weighted by atomic mass is 10.2. The molecule has 0 bridgehead atoms. The number of ketones is 1. The predicted octanol–water partition coefficient (Wildman–Crippen LogP) is 4.21. The minimum absolute atomic E-state index is 0.0292. The predicted molar refractivity (Wildman–Crippen MR) is 93.4 cm³/mol. The molecule has 1 aromatic heterocycles. The number of anilines is 1. The van der Waals surface area contributed by atoms with Gasteiger partial charge in [-0.3, -0.25) is 14.4 Å². The molecule has 1 aromatic carbocycles. The number of carbonyl (C=O) groups is 3. The van der Waals surface area contributed by atoms with E-state index in [9.17, 15) is 23.2 Å². The van der Waals surface area contributed by atoms with E-state index in [0.29, 0.717) is 9.21 Å². The normalized spacial score (nSPS) is 11.7. The Bertz CT molecular complexity index is 840.